The van der Waals surface area contributed by atoms with E-state index in [1.807, 2.05) is 41.0 Å². The Bertz CT molecular complexity index is 1220. The van der Waals surface area contributed by atoms with E-state index in [1.54, 1.807) is 24.3 Å². The third-order valence-electron chi connectivity index (χ3n) is 4.85. The molecule has 1 amide bonds. The minimum atomic E-state index is -0.136. The van der Waals surface area contributed by atoms with Gasteiger partial charge < -0.3 is 5.32 Å². The fraction of sp³-hybridized carbons (Fsp3) is 0.125. The first-order valence-corrected chi connectivity index (χ1v) is 11.1. The molecule has 7 heteroatoms. The fourth-order valence-electron chi connectivity index (χ4n) is 3.13. The highest BCUT2D eigenvalue weighted by Crippen LogP contribution is 2.29. The van der Waals surface area contributed by atoms with Crippen molar-refractivity contribution in [3.05, 3.63) is 88.9 Å². The molecule has 0 saturated heterocycles. The van der Waals surface area contributed by atoms with Crippen molar-refractivity contribution in [3.8, 4) is 17.1 Å². The third-order valence-corrected chi connectivity index (χ3v) is 6.02. The zero-order valence-corrected chi connectivity index (χ0v) is 18.7. The van der Waals surface area contributed by atoms with Gasteiger partial charge in [-0.15, -0.1) is 10.2 Å². The molecule has 4 rings (SSSR count). The van der Waals surface area contributed by atoms with Gasteiger partial charge in [0, 0.05) is 16.3 Å². The second-order valence-corrected chi connectivity index (χ2v) is 8.50. The van der Waals surface area contributed by atoms with Crippen LogP contribution in [0.5, 0.6) is 0 Å². The van der Waals surface area contributed by atoms with Gasteiger partial charge >= 0.3 is 0 Å². The predicted molar refractivity (Wildman–Crippen MR) is 127 cm³/mol. The summed E-state index contributed by atoms with van der Waals surface area (Å²) in [6, 6.07) is 23.3. The molecule has 1 N–H and O–H groups in total. The van der Waals surface area contributed by atoms with E-state index in [2.05, 4.69) is 41.5 Å². The molecule has 0 aliphatic carbocycles. The lowest BCUT2D eigenvalue weighted by atomic mass is 10.1. The predicted octanol–water partition coefficient (Wildman–Crippen LogP) is 5.94. The van der Waals surface area contributed by atoms with Crippen LogP contribution >= 0.6 is 23.4 Å². The van der Waals surface area contributed by atoms with E-state index in [0.717, 1.165) is 17.1 Å². The van der Waals surface area contributed by atoms with E-state index in [0.29, 0.717) is 15.9 Å². The van der Waals surface area contributed by atoms with Crippen LogP contribution in [0.25, 0.3) is 17.1 Å². The maximum absolute atomic E-state index is 12.5. The van der Waals surface area contributed by atoms with Gasteiger partial charge in [-0.1, -0.05) is 65.8 Å². The van der Waals surface area contributed by atoms with Crippen LogP contribution in [-0.4, -0.2) is 26.4 Å². The topological polar surface area (TPSA) is 59.8 Å². The lowest BCUT2D eigenvalue weighted by Gasteiger charge is -2.12. The number of aromatic nitrogens is 3. The molecule has 0 unspecified atom stereocenters. The summed E-state index contributed by atoms with van der Waals surface area (Å²) < 4.78 is 2.00. The molecule has 0 aliphatic heterocycles. The summed E-state index contributed by atoms with van der Waals surface area (Å²) in [4.78, 5) is 12.5. The summed E-state index contributed by atoms with van der Waals surface area (Å²) in [6.45, 7) is 4.16. The van der Waals surface area contributed by atoms with Gasteiger partial charge in [0.25, 0.3) is 0 Å². The molecule has 1 aromatic heterocycles. The summed E-state index contributed by atoms with van der Waals surface area (Å²) in [6.07, 6.45) is 0. The van der Waals surface area contributed by atoms with Crippen molar-refractivity contribution in [1.29, 1.82) is 0 Å². The molecule has 4 aromatic rings. The molecule has 0 aliphatic rings. The van der Waals surface area contributed by atoms with E-state index >= 15 is 0 Å². The number of aryl methyl sites for hydroxylation is 2. The Labute approximate surface area is 190 Å². The molecule has 5 nitrogen and oxygen atoms in total. The van der Waals surface area contributed by atoms with Crippen molar-refractivity contribution >= 4 is 35.0 Å². The minimum Gasteiger partial charge on any atom is -0.325 e. The average Bonchev–Trinajstić information content (AvgIpc) is 3.19. The highest BCUT2D eigenvalue weighted by Gasteiger charge is 2.17. The van der Waals surface area contributed by atoms with Gasteiger partial charge in [0.15, 0.2) is 11.0 Å². The van der Waals surface area contributed by atoms with Gasteiger partial charge in [-0.05, 0) is 55.3 Å². The number of hydrogen-bond donors (Lipinski definition) is 1. The Balaban J connectivity index is 1.62. The molecule has 156 valence electrons. The van der Waals surface area contributed by atoms with Crippen LogP contribution in [-0.2, 0) is 4.79 Å². The van der Waals surface area contributed by atoms with E-state index in [9.17, 15) is 4.79 Å². The molecular weight excluding hydrogens is 428 g/mol. The summed E-state index contributed by atoms with van der Waals surface area (Å²) in [7, 11) is 0. The Morgan fingerprint density at radius 1 is 0.968 bits per heavy atom. The molecule has 0 atom stereocenters. The highest BCUT2D eigenvalue weighted by molar-refractivity contribution is 7.99. The summed E-state index contributed by atoms with van der Waals surface area (Å²) in [5.41, 5.74) is 4.99. The van der Waals surface area contributed by atoms with E-state index in [1.165, 1.54) is 22.9 Å². The normalized spacial score (nSPS) is 10.8. The minimum absolute atomic E-state index is 0.136. The molecule has 1 heterocycles. The van der Waals surface area contributed by atoms with Crippen molar-refractivity contribution < 1.29 is 4.79 Å². The molecular formula is C24H21ClN4OS. The van der Waals surface area contributed by atoms with Crippen molar-refractivity contribution in [2.45, 2.75) is 19.0 Å². The quantitative estimate of drug-likeness (QED) is 0.371. The number of carbonyl (C=O) groups is 1. The van der Waals surface area contributed by atoms with Gasteiger partial charge in [-0.2, -0.15) is 0 Å². The van der Waals surface area contributed by atoms with E-state index in [-0.39, 0.29) is 11.7 Å². The number of carbonyl (C=O) groups excluding carboxylic acids is 1. The maximum atomic E-state index is 12.5. The Morgan fingerprint density at radius 2 is 1.77 bits per heavy atom. The van der Waals surface area contributed by atoms with E-state index < -0.39 is 0 Å². The smallest absolute Gasteiger partial charge is 0.234 e. The van der Waals surface area contributed by atoms with Crippen LogP contribution in [0.15, 0.2) is 78.0 Å². The van der Waals surface area contributed by atoms with Crippen molar-refractivity contribution in [3.63, 3.8) is 0 Å². The third kappa shape index (κ3) is 4.98. The fourth-order valence-corrected chi connectivity index (χ4v) is 4.07. The van der Waals surface area contributed by atoms with Crippen molar-refractivity contribution in [2.75, 3.05) is 11.1 Å². The van der Waals surface area contributed by atoms with Gasteiger partial charge in [-0.25, -0.2) is 0 Å². The first-order chi connectivity index (χ1) is 15.0. The standard InChI is InChI=1S/C24H21ClN4OS/c1-16-11-12-21(13-17(16)2)29-23(18-7-4-3-5-8-18)27-28-24(29)31-15-22(30)26-20-10-6-9-19(25)14-20/h3-14H,15H2,1-2H3,(H,26,30). The first kappa shape index (κ1) is 21.2. The number of benzene rings is 3. The summed E-state index contributed by atoms with van der Waals surface area (Å²) in [5, 5.41) is 12.9. The summed E-state index contributed by atoms with van der Waals surface area (Å²) >= 11 is 7.34. The zero-order chi connectivity index (χ0) is 21.8. The van der Waals surface area contributed by atoms with Gasteiger partial charge in [0.05, 0.1) is 11.4 Å². The Morgan fingerprint density at radius 3 is 2.52 bits per heavy atom. The van der Waals surface area contributed by atoms with Crippen LogP contribution in [0.2, 0.25) is 5.02 Å². The SMILES string of the molecule is Cc1ccc(-n2c(SCC(=O)Nc3cccc(Cl)c3)nnc2-c2ccccc2)cc1C. The molecule has 0 bridgehead atoms. The second-order valence-electron chi connectivity index (χ2n) is 7.12. The number of halogens is 1. The van der Waals surface area contributed by atoms with Crippen LogP contribution in [0.4, 0.5) is 5.69 Å². The number of hydrogen-bond acceptors (Lipinski definition) is 4. The largest absolute Gasteiger partial charge is 0.325 e. The molecule has 31 heavy (non-hydrogen) atoms. The number of anilines is 1. The highest BCUT2D eigenvalue weighted by atomic mass is 35.5. The van der Waals surface area contributed by atoms with Crippen molar-refractivity contribution in [2.24, 2.45) is 0 Å². The Kier molecular flexibility index (Phi) is 6.39. The van der Waals surface area contributed by atoms with Gasteiger partial charge in [0.2, 0.25) is 5.91 Å². The average molecular weight is 449 g/mol. The van der Waals surface area contributed by atoms with Gasteiger partial charge in [0.1, 0.15) is 0 Å². The zero-order valence-electron chi connectivity index (χ0n) is 17.2. The first-order valence-electron chi connectivity index (χ1n) is 9.78. The maximum Gasteiger partial charge on any atom is 0.234 e. The summed E-state index contributed by atoms with van der Waals surface area (Å²) in [5.74, 6) is 0.800. The molecule has 0 saturated carbocycles. The molecule has 0 fully saturated rings. The van der Waals surface area contributed by atoms with Crippen LogP contribution < -0.4 is 5.32 Å². The van der Waals surface area contributed by atoms with Gasteiger partial charge in [-0.3, -0.25) is 9.36 Å². The number of thioether (sulfide) groups is 1. The van der Waals surface area contributed by atoms with Crippen LogP contribution in [0, 0.1) is 13.8 Å². The Hall–Kier alpha value is -3.09. The second kappa shape index (κ2) is 9.37. The lowest BCUT2D eigenvalue weighted by molar-refractivity contribution is -0.113. The number of amides is 1. The van der Waals surface area contributed by atoms with Crippen LogP contribution in [0.3, 0.4) is 0 Å². The number of nitrogens with one attached hydrogen (secondary N) is 1. The van der Waals surface area contributed by atoms with E-state index in [4.69, 9.17) is 11.6 Å². The number of nitrogens with zero attached hydrogens (tertiary/aromatic N) is 3. The number of rotatable bonds is 6. The molecule has 0 spiro atoms. The molecule has 0 radical (unpaired) electrons. The monoisotopic (exact) mass is 448 g/mol. The van der Waals surface area contributed by atoms with Crippen molar-refractivity contribution in [1.82, 2.24) is 14.8 Å². The molecule has 3 aromatic carbocycles. The lowest BCUT2D eigenvalue weighted by Crippen LogP contribution is -2.14. The van der Waals surface area contributed by atoms with Crippen LogP contribution in [0.1, 0.15) is 11.1 Å².